The molecule has 0 fully saturated rings. The van der Waals surface area contributed by atoms with Gasteiger partial charge < -0.3 is 16.4 Å². The van der Waals surface area contributed by atoms with Crippen LogP contribution in [0.3, 0.4) is 0 Å². The van der Waals surface area contributed by atoms with E-state index in [4.69, 9.17) is 5.73 Å². The standard InChI is InChI=1S/C17H29N3O/c1-4-7-9-14(8-5-2)20-16-12-13(10-11-15(16)18)17(21)19-6-3/h10-12,14,20H,4-9,18H2,1-3H3,(H,19,21). The molecule has 21 heavy (non-hydrogen) atoms. The number of unbranched alkanes of at least 4 members (excludes halogenated alkanes) is 1. The molecule has 1 rings (SSSR count). The maximum absolute atomic E-state index is 11.9. The van der Waals surface area contributed by atoms with Crippen molar-refractivity contribution in [3.05, 3.63) is 23.8 Å². The zero-order valence-corrected chi connectivity index (χ0v) is 13.5. The Balaban J connectivity index is 2.83. The molecule has 0 aliphatic heterocycles. The van der Waals surface area contributed by atoms with Crippen LogP contribution in [0.25, 0.3) is 0 Å². The van der Waals surface area contributed by atoms with Crippen LogP contribution < -0.4 is 16.4 Å². The first kappa shape index (κ1) is 17.3. The summed E-state index contributed by atoms with van der Waals surface area (Å²) in [4.78, 5) is 11.9. The SMILES string of the molecule is CCCCC(CCC)Nc1cc(C(=O)NCC)ccc1N. The Morgan fingerprint density at radius 3 is 2.57 bits per heavy atom. The lowest BCUT2D eigenvalue weighted by Gasteiger charge is -2.21. The molecule has 0 saturated heterocycles. The summed E-state index contributed by atoms with van der Waals surface area (Å²) in [6.07, 6.45) is 5.78. The minimum atomic E-state index is -0.0545. The van der Waals surface area contributed by atoms with Crippen molar-refractivity contribution in [3.63, 3.8) is 0 Å². The van der Waals surface area contributed by atoms with Crippen LogP contribution in [0.2, 0.25) is 0 Å². The smallest absolute Gasteiger partial charge is 0.251 e. The molecule has 4 N–H and O–H groups in total. The van der Waals surface area contributed by atoms with Crippen molar-refractivity contribution in [3.8, 4) is 0 Å². The predicted octanol–water partition coefficient (Wildman–Crippen LogP) is 3.79. The van der Waals surface area contributed by atoms with E-state index in [1.807, 2.05) is 13.0 Å². The predicted molar refractivity (Wildman–Crippen MR) is 90.7 cm³/mol. The molecule has 1 amide bonds. The summed E-state index contributed by atoms with van der Waals surface area (Å²) in [6, 6.07) is 5.85. The molecule has 1 aromatic rings. The highest BCUT2D eigenvalue weighted by Gasteiger charge is 2.12. The largest absolute Gasteiger partial charge is 0.397 e. The van der Waals surface area contributed by atoms with Crippen molar-refractivity contribution in [2.24, 2.45) is 0 Å². The highest BCUT2D eigenvalue weighted by atomic mass is 16.1. The fourth-order valence-electron chi connectivity index (χ4n) is 2.39. The average Bonchev–Trinajstić information content (AvgIpc) is 2.47. The number of hydrogen-bond acceptors (Lipinski definition) is 3. The molecular formula is C17H29N3O. The van der Waals surface area contributed by atoms with Crippen molar-refractivity contribution in [1.82, 2.24) is 5.32 Å². The number of amides is 1. The van der Waals surface area contributed by atoms with Gasteiger partial charge in [-0.2, -0.15) is 0 Å². The van der Waals surface area contributed by atoms with Gasteiger partial charge in [-0.25, -0.2) is 0 Å². The Kier molecular flexibility index (Phi) is 7.65. The van der Waals surface area contributed by atoms with Crippen LogP contribution in [0.1, 0.15) is 63.2 Å². The normalized spacial score (nSPS) is 12.0. The van der Waals surface area contributed by atoms with Crippen LogP contribution in [-0.4, -0.2) is 18.5 Å². The molecule has 1 atom stereocenters. The zero-order chi connectivity index (χ0) is 15.7. The average molecular weight is 291 g/mol. The molecule has 0 bridgehead atoms. The van der Waals surface area contributed by atoms with E-state index in [0.717, 1.165) is 24.9 Å². The third-order valence-electron chi connectivity index (χ3n) is 3.56. The topological polar surface area (TPSA) is 67.2 Å². The van der Waals surface area contributed by atoms with Gasteiger partial charge in [-0.15, -0.1) is 0 Å². The van der Waals surface area contributed by atoms with Gasteiger partial charge in [0.05, 0.1) is 11.4 Å². The minimum absolute atomic E-state index is 0.0545. The van der Waals surface area contributed by atoms with Gasteiger partial charge in [0, 0.05) is 18.2 Å². The highest BCUT2D eigenvalue weighted by Crippen LogP contribution is 2.23. The number of hydrogen-bond donors (Lipinski definition) is 3. The maximum atomic E-state index is 11.9. The van der Waals surface area contributed by atoms with Gasteiger partial charge in [0.15, 0.2) is 0 Å². The Bertz CT molecular complexity index is 446. The van der Waals surface area contributed by atoms with E-state index in [1.54, 1.807) is 12.1 Å². The summed E-state index contributed by atoms with van der Waals surface area (Å²) in [5, 5.41) is 6.33. The number of anilines is 2. The number of nitrogen functional groups attached to an aromatic ring is 1. The summed E-state index contributed by atoms with van der Waals surface area (Å²) in [6.45, 7) is 6.93. The Labute approximate surface area is 128 Å². The number of carbonyl (C=O) groups is 1. The van der Waals surface area contributed by atoms with Crippen molar-refractivity contribution in [2.75, 3.05) is 17.6 Å². The Hall–Kier alpha value is -1.71. The van der Waals surface area contributed by atoms with Crippen LogP contribution in [0, 0.1) is 0 Å². The first-order valence-corrected chi connectivity index (χ1v) is 8.06. The quantitative estimate of drug-likeness (QED) is 0.606. The van der Waals surface area contributed by atoms with E-state index in [9.17, 15) is 4.79 Å². The van der Waals surface area contributed by atoms with E-state index in [2.05, 4.69) is 24.5 Å². The number of carbonyl (C=O) groups excluding carboxylic acids is 1. The van der Waals surface area contributed by atoms with E-state index >= 15 is 0 Å². The molecule has 0 aliphatic carbocycles. The molecule has 1 aromatic carbocycles. The van der Waals surface area contributed by atoms with Crippen molar-refractivity contribution in [2.45, 2.75) is 58.9 Å². The number of benzene rings is 1. The lowest BCUT2D eigenvalue weighted by molar-refractivity contribution is 0.0956. The summed E-state index contributed by atoms with van der Waals surface area (Å²) in [5.41, 5.74) is 8.26. The molecule has 0 heterocycles. The van der Waals surface area contributed by atoms with Gasteiger partial charge in [-0.1, -0.05) is 33.1 Å². The van der Waals surface area contributed by atoms with Gasteiger partial charge >= 0.3 is 0 Å². The van der Waals surface area contributed by atoms with E-state index in [1.165, 1.54) is 12.8 Å². The van der Waals surface area contributed by atoms with Crippen LogP contribution >= 0.6 is 0 Å². The van der Waals surface area contributed by atoms with Gasteiger partial charge in [0.1, 0.15) is 0 Å². The van der Waals surface area contributed by atoms with Crippen LogP contribution in [0.4, 0.5) is 11.4 Å². The summed E-state index contributed by atoms with van der Waals surface area (Å²) >= 11 is 0. The molecule has 118 valence electrons. The molecular weight excluding hydrogens is 262 g/mol. The fourth-order valence-corrected chi connectivity index (χ4v) is 2.39. The molecule has 0 spiro atoms. The first-order valence-electron chi connectivity index (χ1n) is 8.06. The number of rotatable bonds is 9. The highest BCUT2D eigenvalue weighted by molar-refractivity contribution is 5.96. The Morgan fingerprint density at radius 1 is 1.19 bits per heavy atom. The first-order chi connectivity index (χ1) is 10.1. The van der Waals surface area contributed by atoms with Crippen LogP contribution in [0.15, 0.2) is 18.2 Å². The molecule has 4 heteroatoms. The summed E-state index contributed by atoms with van der Waals surface area (Å²) < 4.78 is 0. The maximum Gasteiger partial charge on any atom is 0.251 e. The third kappa shape index (κ3) is 5.66. The summed E-state index contributed by atoms with van der Waals surface area (Å²) in [7, 11) is 0. The monoisotopic (exact) mass is 291 g/mol. The lowest BCUT2D eigenvalue weighted by Crippen LogP contribution is -2.24. The van der Waals surface area contributed by atoms with E-state index < -0.39 is 0 Å². The molecule has 0 aliphatic rings. The zero-order valence-electron chi connectivity index (χ0n) is 13.5. The van der Waals surface area contributed by atoms with Gasteiger partial charge in [0.2, 0.25) is 0 Å². The summed E-state index contributed by atoms with van der Waals surface area (Å²) in [5.74, 6) is -0.0545. The molecule has 0 saturated carbocycles. The van der Waals surface area contributed by atoms with Crippen molar-refractivity contribution >= 4 is 17.3 Å². The van der Waals surface area contributed by atoms with Crippen molar-refractivity contribution in [1.29, 1.82) is 0 Å². The third-order valence-corrected chi connectivity index (χ3v) is 3.56. The van der Waals surface area contributed by atoms with Crippen molar-refractivity contribution < 1.29 is 4.79 Å². The van der Waals surface area contributed by atoms with Gasteiger partial charge in [0.25, 0.3) is 5.91 Å². The minimum Gasteiger partial charge on any atom is -0.397 e. The number of nitrogens with two attached hydrogens (primary N) is 1. The van der Waals surface area contributed by atoms with E-state index in [0.29, 0.717) is 23.8 Å². The lowest BCUT2D eigenvalue weighted by atomic mass is 10.0. The number of nitrogens with one attached hydrogen (secondary N) is 2. The van der Waals surface area contributed by atoms with Gasteiger partial charge in [-0.3, -0.25) is 4.79 Å². The van der Waals surface area contributed by atoms with E-state index in [-0.39, 0.29) is 5.91 Å². The molecule has 0 radical (unpaired) electrons. The molecule has 1 unspecified atom stereocenters. The second-order valence-electron chi connectivity index (χ2n) is 5.43. The second kappa shape index (κ2) is 9.27. The fraction of sp³-hybridized carbons (Fsp3) is 0.588. The van der Waals surface area contributed by atoms with Crippen LogP contribution in [0.5, 0.6) is 0 Å². The second-order valence-corrected chi connectivity index (χ2v) is 5.43. The Morgan fingerprint density at radius 2 is 1.95 bits per heavy atom. The molecule has 4 nitrogen and oxygen atoms in total. The molecule has 0 aromatic heterocycles. The van der Waals surface area contributed by atoms with Gasteiger partial charge in [-0.05, 0) is 38.0 Å². The van der Waals surface area contributed by atoms with Crippen LogP contribution in [-0.2, 0) is 0 Å².